The Bertz CT molecular complexity index is 165. The van der Waals surface area contributed by atoms with E-state index >= 15 is 0 Å². The van der Waals surface area contributed by atoms with Crippen LogP contribution < -0.4 is 0 Å². The molecule has 0 saturated carbocycles. The van der Waals surface area contributed by atoms with Crippen molar-refractivity contribution in [3.63, 3.8) is 0 Å². The fraction of sp³-hybridized carbons (Fsp3) is 0.500. The molecule has 0 unspecified atom stereocenters. The smallest absolute Gasteiger partial charge is 0.300 e. The molecule has 0 fully saturated rings. The summed E-state index contributed by atoms with van der Waals surface area (Å²) in [4.78, 5) is 36.0. The van der Waals surface area contributed by atoms with Crippen LogP contribution in [0.3, 0.4) is 0 Å². The maximum Gasteiger partial charge on any atom is 0.300 e. The molecule has 112 valence electrons. The average molecular weight is 442 g/mol. The van der Waals surface area contributed by atoms with Crippen LogP contribution in [-0.2, 0) is 58.1 Å². The van der Waals surface area contributed by atoms with E-state index < -0.39 is 23.9 Å². The normalized spacial score (nSPS) is 5.56. The number of hydrogen-bond donors (Lipinski definition) is 4. The molecule has 0 saturated heterocycles. The van der Waals surface area contributed by atoms with Gasteiger partial charge in [0.1, 0.15) is 0 Å². The molecule has 0 aromatic heterocycles. The van der Waals surface area contributed by atoms with E-state index in [0.717, 1.165) is 27.7 Å². The van der Waals surface area contributed by atoms with Gasteiger partial charge in [0.15, 0.2) is 0 Å². The van der Waals surface area contributed by atoms with E-state index in [2.05, 4.69) is 0 Å². The second kappa shape index (κ2) is 29.8. The summed E-state index contributed by atoms with van der Waals surface area (Å²) in [5.41, 5.74) is 0. The summed E-state index contributed by atoms with van der Waals surface area (Å²) in [6.45, 7) is 4.33. The molecule has 18 heavy (non-hydrogen) atoms. The second-order valence-corrected chi connectivity index (χ2v) is 2.08. The molecule has 0 aliphatic rings. The van der Waals surface area contributed by atoms with E-state index in [4.69, 9.17) is 39.6 Å². The van der Waals surface area contributed by atoms with Crippen LogP contribution in [0.5, 0.6) is 0 Å². The van der Waals surface area contributed by atoms with Gasteiger partial charge in [-0.1, -0.05) is 0 Å². The molecule has 0 spiro atoms. The number of carboxylic acids is 4. The van der Waals surface area contributed by atoms with Crippen molar-refractivity contribution in [2.75, 3.05) is 0 Å². The SMILES string of the molecule is CC(=O)O.CC(=O)O.CC(=O)O.CC(=O)O.[Ru].[Ru]. The standard InChI is InChI=1S/4C2H4O2.2Ru/c4*1-2(3)4;;/h4*1H3,(H,3,4);;. The minimum atomic E-state index is -0.833. The van der Waals surface area contributed by atoms with Crippen molar-refractivity contribution in [3.8, 4) is 0 Å². The summed E-state index contributed by atoms with van der Waals surface area (Å²) < 4.78 is 0. The Balaban J connectivity index is -0.0000000257. The summed E-state index contributed by atoms with van der Waals surface area (Å²) in [7, 11) is 0. The van der Waals surface area contributed by atoms with Gasteiger partial charge in [-0.3, -0.25) is 19.2 Å². The Kier molecular flexibility index (Phi) is 59.6. The van der Waals surface area contributed by atoms with E-state index in [1.807, 2.05) is 0 Å². The number of carbonyl (C=O) groups is 4. The third-order valence-corrected chi connectivity index (χ3v) is 0. The minimum Gasteiger partial charge on any atom is -0.481 e. The third-order valence-electron chi connectivity index (χ3n) is 0. The molecule has 0 atom stereocenters. The Hall–Kier alpha value is -0.873. The van der Waals surface area contributed by atoms with Crippen molar-refractivity contribution in [3.05, 3.63) is 0 Å². The van der Waals surface area contributed by atoms with Gasteiger partial charge in [-0.15, -0.1) is 0 Å². The average Bonchev–Trinajstić information content (AvgIpc) is 1.76. The Morgan fingerprint density at radius 3 is 0.500 bits per heavy atom. The predicted molar refractivity (Wildman–Crippen MR) is 53.2 cm³/mol. The summed E-state index contributed by atoms with van der Waals surface area (Å²) >= 11 is 0. The summed E-state index contributed by atoms with van der Waals surface area (Å²) in [5, 5.41) is 29.7. The first-order valence-electron chi connectivity index (χ1n) is 3.71. The molecule has 0 aliphatic carbocycles. The molecule has 0 bridgehead atoms. The van der Waals surface area contributed by atoms with E-state index in [1.54, 1.807) is 0 Å². The first kappa shape index (κ1) is 36.0. The van der Waals surface area contributed by atoms with E-state index in [-0.39, 0.29) is 39.0 Å². The van der Waals surface area contributed by atoms with Crippen molar-refractivity contribution in [2.45, 2.75) is 27.7 Å². The van der Waals surface area contributed by atoms with Crippen molar-refractivity contribution in [2.24, 2.45) is 0 Å². The quantitative estimate of drug-likeness (QED) is 0.393. The Morgan fingerprint density at radius 2 is 0.500 bits per heavy atom. The van der Waals surface area contributed by atoms with Crippen molar-refractivity contribution in [1.82, 2.24) is 0 Å². The molecule has 0 aromatic carbocycles. The topological polar surface area (TPSA) is 149 Å². The molecular formula is C8H16O8Ru2. The van der Waals surface area contributed by atoms with Crippen LogP contribution in [-0.4, -0.2) is 44.3 Å². The molecule has 8 nitrogen and oxygen atoms in total. The molecule has 10 heteroatoms. The first-order valence-corrected chi connectivity index (χ1v) is 3.71. The number of aliphatic carboxylic acids is 4. The number of carboxylic acid groups (broad SMARTS) is 4. The number of hydrogen-bond acceptors (Lipinski definition) is 4. The van der Waals surface area contributed by atoms with E-state index in [1.165, 1.54) is 0 Å². The van der Waals surface area contributed by atoms with Crippen LogP contribution in [0.4, 0.5) is 0 Å². The van der Waals surface area contributed by atoms with Crippen LogP contribution in [0.1, 0.15) is 27.7 Å². The summed E-state index contributed by atoms with van der Waals surface area (Å²) in [6.07, 6.45) is 0. The maximum absolute atomic E-state index is 9.00. The van der Waals surface area contributed by atoms with Crippen LogP contribution in [0.25, 0.3) is 0 Å². The van der Waals surface area contributed by atoms with Crippen LogP contribution in [0, 0.1) is 0 Å². The van der Waals surface area contributed by atoms with Gasteiger partial charge < -0.3 is 20.4 Å². The molecule has 0 aromatic rings. The van der Waals surface area contributed by atoms with Crippen LogP contribution >= 0.6 is 0 Å². The van der Waals surface area contributed by atoms with E-state index in [0.29, 0.717) is 0 Å². The molecule has 0 radical (unpaired) electrons. The Morgan fingerprint density at radius 1 is 0.500 bits per heavy atom. The zero-order valence-corrected chi connectivity index (χ0v) is 13.6. The third kappa shape index (κ3) is 3960. The Labute approximate surface area is 130 Å². The summed E-state index contributed by atoms with van der Waals surface area (Å²) in [6, 6.07) is 0. The van der Waals surface area contributed by atoms with Gasteiger partial charge in [0.2, 0.25) is 0 Å². The van der Waals surface area contributed by atoms with Gasteiger partial charge in [0.05, 0.1) is 0 Å². The zero-order valence-electron chi connectivity index (χ0n) is 10.1. The summed E-state index contributed by atoms with van der Waals surface area (Å²) in [5.74, 6) is -3.33. The van der Waals surface area contributed by atoms with Crippen molar-refractivity contribution in [1.29, 1.82) is 0 Å². The minimum absolute atomic E-state index is 0. The molecule has 0 rings (SSSR count). The fourth-order valence-electron chi connectivity index (χ4n) is 0. The molecule has 0 heterocycles. The number of rotatable bonds is 0. The molecule has 4 N–H and O–H groups in total. The van der Waals surface area contributed by atoms with Crippen molar-refractivity contribution >= 4 is 23.9 Å². The van der Waals surface area contributed by atoms with Gasteiger partial charge in [-0.25, -0.2) is 0 Å². The predicted octanol–water partition coefficient (Wildman–Crippen LogP) is 0.359. The first-order chi connectivity index (χ1) is 6.93. The van der Waals surface area contributed by atoms with Gasteiger partial charge in [0.25, 0.3) is 23.9 Å². The largest absolute Gasteiger partial charge is 0.481 e. The molecule has 0 amide bonds. The monoisotopic (exact) mass is 444 g/mol. The van der Waals surface area contributed by atoms with Gasteiger partial charge in [-0.05, 0) is 0 Å². The van der Waals surface area contributed by atoms with Crippen LogP contribution in [0.15, 0.2) is 0 Å². The molecular weight excluding hydrogens is 426 g/mol. The maximum atomic E-state index is 9.00. The van der Waals surface area contributed by atoms with Crippen LogP contribution in [0.2, 0.25) is 0 Å². The fourth-order valence-corrected chi connectivity index (χ4v) is 0. The molecule has 0 aliphatic heterocycles. The van der Waals surface area contributed by atoms with Gasteiger partial charge >= 0.3 is 0 Å². The van der Waals surface area contributed by atoms with Crippen molar-refractivity contribution < 1.29 is 78.6 Å². The van der Waals surface area contributed by atoms with E-state index in [9.17, 15) is 0 Å². The van der Waals surface area contributed by atoms with Gasteiger partial charge in [0, 0.05) is 66.7 Å². The van der Waals surface area contributed by atoms with Gasteiger partial charge in [-0.2, -0.15) is 0 Å². The second-order valence-electron chi connectivity index (χ2n) is 2.08. The zero-order chi connectivity index (χ0) is 14.3.